The normalized spacial score (nSPS) is 16.8. The molecule has 8 rings (SSSR count). The number of likely N-dealkylation sites (tertiary alicyclic amines) is 1. The molecule has 17 nitrogen and oxygen atoms in total. The largest absolute Gasteiger partial charge is 0.491 e. The Hall–Kier alpha value is -6.35. The molecule has 73 heavy (non-hydrogen) atoms. The number of aromatic nitrogens is 4. The Labute approximate surface area is 437 Å². The molecular formula is C53H60ClN9O8S2. The lowest BCUT2D eigenvalue weighted by Crippen LogP contribution is -2.58. The first-order chi connectivity index (χ1) is 34.9. The number of aliphatic hydroxyl groups is 1. The van der Waals surface area contributed by atoms with Crippen molar-refractivity contribution in [1.29, 1.82) is 0 Å². The van der Waals surface area contributed by atoms with Crippen molar-refractivity contribution in [3.8, 4) is 21.2 Å². The Bertz CT molecular complexity index is 2970. The number of ether oxygens (including phenoxy) is 3. The van der Waals surface area contributed by atoms with Crippen LogP contribution in [-0.4, -0.2) is 117 Å². The number of nitrogens with zero attached hydrogens (tertiary/aromatic N) is 6. The van der Waals surface area contributed by atoms with Gasteiger partial charge in [0, 0.05) is 46.2 Å². The molecule has 0 spiro atoms. The molecule has 4 amide bonds. The lowest BCUT2D eigenvalue weighted by Gasteiger charge is -2.35. The molecule has 2 aliphatic heterocycles. The van der Waals surface area contributed by atoms with Gasteiger partial charge in [0.1, 0.15) is 47.9 Å². The van der Waals surface area contributed by atoms with Crippen LogP contribution in [0, 0.1) is 33.1 Å². The predicted molar refractivity (Wildman–Crippen MR) is 282 cm³/mol. The summed E-state index contributed by atoms with van der Waals surface area (Å²) < 4.78 is 19.1. The number of hydrogen-bond acceptors (Lipinski definition) is 14. The zero-order chi connectivity index (χ0) is 52.0. The molecule has 6 aromatic rings. The number of amides is 4. The maximum Gasteiger partial charge on any atom is 0.246 e. The van der Waals surface area contributed by atoms with Crippen molar-refractivity contribution >= 4 is 69.3 Å². The van der Waals surface area contributed by atoms with Crippen LogP contribution >= 0.6 is 34.3 Å². The van der Waals surface area contributed by atoms with Crippen molar-refractivity contribution in [1.82, 2.24) is 35.3 Å². The highest BCUT2D eigenvalue weighted by Gasteiger charge is 2.44. The topological polar surface area (TPSA) is 211 Å². The van der Waals surface area contributed by atoms with Gasteiger partial charge in [-0.15, -0.1) is 32.9 Å². The Morgan fingerprint density at radius 1 is 0.877 bits per heavy atom. The highest BCUT2D eigenvalue weighted by Crippen LogP contribution is 2.40. The summed E-state index contributed by atoms with van der Waals surface area (Å²) in [6.07, 6.45) is -0.770. The zero-order valence-electron chi connectivity index (χ0n) is 41.9. The first kappa shape index (κ1) is 53.0. The molecular weight excluding hydrogens is 990 g/mol. The number of hydrogen-bond donors (Lipinski definition) is 4. The van der Waals surface area contributed by atoms with Crippen LogP contribution in [0.3, 0.4) is 0 Å². The fraction of sp³-hybridized carbons (Fsp3) is 0.396. The lowest BCUT2D eigenvalue weighted by molar-refractivity contribution is -0.144. The first-order valence-corrected chi connectivity index (χ1v) is 26.1. The second-order valence-electron chi connectivity index (χ2n) is 19.1. The Balaban J connectivity index is 0.753. The van der Waals surface area contributed by atoms with E-state index in [1.807, 2.05) is 93.2 Å². The maximum absolute atomic E-state index is 14.0. The molecule has 1 saturated heterocycles. The standard InChI is InChI=1S/C53H60ClN9O8S2/c1-30-32(3)73-52-45(30)46(35-12-14-37(54)15-13-35)58-41(49-61-60-33(4)63(49)52)25-43(65)57-38-16-18-40(19-17-38)71-23-22-69-20-21-70-28-44(66)59-48(53(5,6)7)51(68)62-27-39(64)24-42(62)50(67)55-26-34-8-10-36(11-9-34)47-31(2)56-29-72-47/h8-19,29,39,41-42,48,64H,20-28H2,1-7H3,(H,55,67)(H,57,65)(H,59,66)/t39-,41+,42+,48-/m1/s1. The minimum atomic E-state index is -0.987. The summed E-state index contributed by atoms with van der Waals surface area (Å²) in [6.45, 7) is 14.2. The Morgan fingerprint density at radius 2 is 1.58 bits per heavy atom. The fourth-order valence-electron chi connectivity index (χ4n) is 8.74. The summed E-state index contributed by atoms with van der Waals surface area (Å²) in [5, 5.41) is 29.8. The van der Waals surface area contributed by atoms with Crippen LogP contribution < -0.4 is 20.7 Å². The van der Waals surface area contributed by atoms with Crippen LogP contribution in [0.15, 0.2) is 83.3 Å². The maximum atomic E-state index is 14.0. The Kier molecular flexibility index (Phi) is 16.9. The van der Waals surface area contributed by atoms with Crippen molar-refractivity contribution in [2.75, 3.05) is 44.9 Å². The third kappa shape index (κ3) is 12.7. The molecule has 0 radical (unpaired) electrons. The number of benzene rings is 3. The molecule has 0 bridgehead atoms. The highest BCUT2D eigenvalue weighted by atomic mass is 35.5. The number of nitrogens with one attached hydrogen (secondary N) is 3. The number of fused-ring (bicyclic) bond motifs is 3. The van der Waals surface area contributed by atoms with Crippen molar-refractivity contribution in [2.24, 2.45) is 10.4 Å². The van der Waals surface area contributed by atoms with Gasteiger partial charge in [0.15, 0.2) is 5.82 Å². The number of anilines is 1. The molecule has 4 atom stereocenters. The smallest absolute Gasteiger partial charge is 0.246 e. The van der Waals surface area contributed by atoms with Gasteiger partial charge in [-0.1, -0.05) is 68.8 Å². The van der Waals surface area contributed by atoms with E-state index >= 15 is 0 Å². The predicted octanol–water partition coefficient (Wildman–Crippen LogP) is 7.48. The van der Waals surface area contributed by atoms with Crippen LogP contribution in [0.4, 0.5) is 5.69 Å². The molecule has 0 aliphatic carbocycles. The number of carbonyl (C=O) groups excluding carboxylic acids is 4. The second kappa shape index (κ2) is 23.2. The highest BCUT2D eigenvalue weighted by molar-refractivity contribution is 7.15. The number of aliphatic hydroxyl groups excluding tert-OH is 1. The summed E-state index contributed by atoms with van der Waals surface area (Å²) in [5.74, 6) is 0.302. The van der Waals surface area contributed by atoms with Crippen LogP contribution in [0.25, 0.3) is 15.4 Å². The van der Waals surface area contributed by atoms with Gasteiger partial charge in [-0.05, 0) is 86.2 Å². The summed E-state index contributed by atoms with van der Waals surface area (Å²) >= 11 is 9.47. The molecule has 1 fully saturated rings. The fourth-order valence-corrected chi connectivity index (χ4v) is 10.9. The summed E-state index contributed by atoms with van der Waals surface area (Å²) in [4.78, 5) is 67.2. The van der Waals surface area contributed by atoms with Gasteiger partial charge in [0.2, 0.25) is 23.6 Å². The molecule has 0 saturated carbocycles. The minimum absolute atomic E-state index is 0.0298. The number of aliphatic imine (C=N–C) groups is 1. The quantitative estimate of drug-likeness (QED) is 0.0584. The molecule has 3 aromatic heterocycles. The van der Waals surface area contributed by atoms with Crippen LogP contribution in [0.1, 0.15) is 84.1 Å². The van der Waals surface area contributed by atoms with E-state index in [-0.39, 0.29) is 70.8 Å². The lowest BCUT2D eigenvalue weighted by atomic mass is 9.85. The van der Waals surface area contributed by atoms with Gasteiger partial charge in [-0.2, -0.15) is 0 Å². The molecule has 3 aromatic carbocycles. The van der Waals surface area contributed by atoms with Gasteiger partial charge in [-0.25, -0.2) is 4.98 Å². The number of β-amino-alcohol motifs (C(OH)–C–C–N with tert-alkyl or cyclic N) is 1. The van der Waals surface area contributed by atoms with E-state index in [2.05, 4.69) is 45.0 Å². The van der Waals surface area contributed by atoms with Crippen LogP contribution in [-0.2, 0) is 35.2 Å². The summed E-state index contributed by atoms with van der Waals surface area (Å²) in [5.41, 5.74) is 8.33. The van der Waals surface area contributed by atoms with Crippen molar-refractivity contribution in [3.63, 3.8) is 0 Å². The monoisotopic (exact) mass is 1050 g/mol. The van der Waals surface area contributed by atoms with Crippen molar-refractivity contribution in [3.05, 3.63) is 128 Å². The van der Waals surface area contributed by atoms with Crippen LogP contribution in [0.5, 0.6) is 5.75 Å². The summed E-state index contributed by atoms with van der Waals surface area (Å²) in [7, 11) is 0. The Morgan fingerprint density at radius 3 is 2.27 bits per heavy atom. The van der Waals surface area contributed by atoms with Gasteiger partial charge in [0.05, 0.1) is 54.1 Å². The van der Waals surface area contributed by atoms with Crippen LogP contribution in [0.2, 0.25) is 5.02 Å². The summed E-state index contributed by atoms with van der Waals surface area (Å²) in [6, 6.07) is 19.9. The van der Waals surface area contributed by atoms with E-state index in [0.717, 1.165) is 54.0 Å². The van der Waals surface area contributed by atoms with Crippen molar-refractivity contribution in [2.45, 2.75) is 92.1 Å². The van der Waals surface area contributed by atoms with Crippen molar-refractivity contribution < 1.29 is 38.5 Å². The number of rotatable bonds is 19. The molecule has 2 aliphatic rings. The SMILES string of the molecule is Cc1ncsc1-c1ccc(CNC(=O)[C@@H]2C[C@@H](O)CN2C(=O)[C@@H](NC(=O)COCCOCCOc2ccc(NC(=O)C[C@@H]3N=C(c4ccc(Cl)cc4)c4c(sc(C)c4C)-n4c(C)nnc43)cc2)C(C)(C)C)cc1. The third-order valence-electron chi connectivity index (χ3n) is 12.7. The van der Waals surface area contributed by atoms with Gasteiger partial charge in [-0.3, -0.25) is 28.7 Å². The second-order valence-corrected chi connectivity index (χ2v) is 21.6. The number of aryl methyl sites for hydroxylation is 3. The zero-order valence-corrected chi connectivity index (χ0v) is 44.3. The van der Waals surface area contributed by atoms with E-state index in [1.54, 1.807) is 46.9 Å². The molecule has 20 heteroatoms. The molecule has 384 valence electrons. The average Bonchev–Trinajstić information content (AvgIpc) is 4.13. The molecule has 4 N–H and O–H groups in total. The van der Waals surface area contributed by atoms with Gasteiger partial charge in [0.25, 0.3) is 0 Å². The third-order valence-corrected chi connectivity index (χ3v) is 15.1. The van der Waals surface area contributed by atoms with Gasteiger partial charge >= 0.3 is 0 Å². The number of thiophene rings is 1. The molecule has 0 unspecified atom stereocenters. The first-order valence-electron chi connectivity index (χ1n) is 24.0. The van der Waals surface area contributed by atoms with E-state index in [9.17, 15) is 24.3 Å². The number of thiazole rings is 1. The number of carbonyl (C=O) groups is 4. The number of halogens is 1. The average molecular weight is 1050 g/mol. The van der Waals surface area contributed by atoms with E-state index in [4.69, 9.17) is 30.8 Å². The van der Waals surface area contributed by atoms with E-state index < -0.39 is 41.5 Å². The van der Waals surface area contributed by atoms with E-state index in [1.165, 1.54) is 4.90 Å². The molecule has 5 heterocycles. The van der Waals surface area contributed by atoms with Gasteiger partial charge < -0.3 is 40.2 Å². The van der Waals surface area contributed by atoms with E-state index in [0.29, 0.717) is 28.1 Å². The minimum Gasteiger partial charge on any atom is -0.491 e.